The third-order valence-corrected chi connectivity index (χ3v) is 2.76. The molecule has 0 fully saturated rings. The summed E-state index contributed by atoms with van der Waals surface area (Å²) >= 11 is 0. The van der Waals surface area contributed by atoms with Gasteiger partial charge in [-0.2, -0.15) is 0 Å². The number of benzene rings is 2. The molecule has 2 aromatic carbocycles. The first kappa shape index (κ1) is 13.9. The quantitative estimate of drug-likeness (QED) is 0.615. The van der Waals surface area contributed by atoms with E-state index in [-0.39, 0.29) is 5.97 Å². The number of hydrogen-bond acceptors (Lipinski definition) is 3. The zero-order valence-corrected chi connectivity index (χ0v) is 11.3. The Morgan fingerprint density at radius 2 is 1.75 bits per heavy atom. The predicted octanol–water partition coefficient (Wildman–Crippen LogP) is 3.45. The molecule has 3 heteroatoms. The molecule has 0 aromatic heterocycles. The highest BCUT2D eigenvalue weighted by atomic mass is 16.5. The molecule has 0 amide bonds. The van der Waals surface area contributed by atoms with E-state index in [0.29, 0.717) is 6.61 Å². The van der Waals surface area contributed by atoms with Crippen LogP contribution in [0.3, 0.4) is 0 Å². The lowest BCUT2D eigenvalue weighted by Crippen LogP contribution is -1.97. The Morgan fingerprint density at radius 1 is 1.05 bits per heavy atom. The summed E-state index contributed by atoms with van der Waals surface area (Å²) in [6.45, 7) is 0.490. The van der Waals surface area contributed by atoms with Gasteiger partial charge in [0.25, 0.3) is 0 Å². The van der Waals surface area contributed by atoms with E-state index < -0.39 is 0 Å². The zero-order chi connectivity index (χ0) is 14.2. The first-order valence-electron chi connectivity index (χ1n) is 6.31. The Bertz CT molecular complexity index is 588. The summed E-state index contributed by atoms with van der Waals surface area (Å²) in [5, 5.41) is 0. The number of ether oxygens (including phenoxy) is 2. The first-order chi connectivity index (χ1) is 9.79. The molecular formula is C17H16O3. The van der Waals surface area contributed by atoms with E-state index >= 15 is 0 Å². The van der Waals surface area contributed by atoms with E-state index in [2.05, 4.69) is 4.74 Å². The molecule has 2 aromatic rings. The third-order valence-electron chi connectivity index (χ3n) is 2.76. The van der Waals surface area contributed by atoms with E-state index in [4.69, 9.17) is 4.74 Å². The van der Waals surface area contributed by atoms with E-state index in [0.717, 1.165) is 16.9 Å². The molecule has 0 saturated heterocycles. The van der Waals surface area contributed by atoms with E-state index in [1.165, 1.54) is 13.2 Å². The fourth-order valence-electron chi connectivity index (χ4n) is 1.71. The summed E-state index contributed by atoms with van der Waals surface area (Å²) < 4.78 is 10.4. The number of rotatable bonds is 5. The van der Waals surface area contributed by atoms with Gasteiger partial charge in [-0.15, -0.1) is 0 Å². The van der Waals surface area contributed by atoms with Crippen LogP contribution in [0.4, 0.5) is 0 Å². The second-order valence-electron chi connectivity index (χ2n) is 4.17. The minimum Gasteiger partial charge on any atom is -0.488 e. The number of methoxy groups -OCH3 is 1. The fraction of sp³-hybridized carbons (Fsp3) is 0.118. The Hall–Kier alpha value is -2.55. The Labute approximate surface area is 118 Å². The van der Waals surface area contributed by atoms with Gasteiger partial charge in [-0.25, -0.2) is 4.79 Å². The largest absolute Gasteiger partial charge is 0.488 e. The van der Waals surface area contributed by atoms with Crippen molar-refractivity contribution >= 4 is 12.0 Å². The van der Waals surface area contributed by atoms with Gasteiger partial charge in [-0.3, -0.25) is 0 Å². The average molecular weight is 268 g/mol. The van der Waals surface area contributed by atoms with Gasteiger partial charge in [0.2, 0.25) is 0 Å². The lowest BCUT2D eigenvalue weighted by atomic mass is 10.2. The first-order valence-corrected chi connectivity index (χ1v) is 6.31. The summed E-state index contributed by atoms with van der Waals surface area (Å²) in [6.07, 6.45) is 3.07. The van der Waals surface area contributed by atoms with Crippen molar-refractivity contribution in [2.75, 3.05) is 7.11 Å². The van der Waals surface area contributed by atoms with Crippen LogP contribution in [0.5, 0.6) is 5.75 Å². The molecule has 0 aliphatic rings. The summed E-state index contributed by atoms with van der Waals surface area (Å²) in [4.78, 5) is 11.1. The Morgan fingerprint density at radius 3 is 2.50 bits per heavy atom. The molecule has 0 aliphatic heterocycles. The molecule has 20 heavy (non-hydrogen) atoms. The normalized spacial score (nSPS) is 10.4. The van der Waals surface area contributed by atoms with E-state index in [9.17, 15) is 4.79 Å². The molecule has 0 saturated carbocycles. The van der Waals surface area contributed by atoms with Gasteiger partial charge in [0.1, 0.15) is 12.4 Å². The highest BCUT2D eigenvalue weighted by Gasteiger charge is 2.01. The van der Waals surface area contributed by atoms with Crippen molar-refractivity contribution in [1.29, 1.82) is 0 Å². The van der Waals surface area contributed by atoms with E-state index in [1.807, 2.05) is 54.6 Å². The highest BCUT2D eigenvalue weighted by Crippen LogP contribution is 2.20. The summed E-state index contributed by atoms with van der Waals surface area (Å²) in [7, 11) is 1.35. The van der Waals surface area contributed by atoms with Crippen molar-refractivity contribution in [3.05, 3.63) is 71.8 Å². The molecule has 102 valence electrons. The van der Waals surface area contributed by atoms with Crippen LogP contribution in [0.15, 0.2) is 60.7 Å². The lowest BCUT2D eigenvalue weighted by Gasteiger charge is -2.09. The van der Waals surface area contributed by atoms with Crippen LogP contribution in [0.2, 0.25) is 0 Å². The number of carbonyl (C=O) groups excluding carboxylic acids is 1. The van der Waals surface area contributed by atoms with Crippen molar-refractivity contribution < 1.29 is 14.3 Å². The molecule has 0 aliphatic carbocycles. The number of para-hydroxylation sites is 1. The monoisotopic (exact) mass is 268 g/mol. The molecule has 0 bridgehead atoms. The van der Waals surface area contributed by atoms with Crippen molar-refractivity contribution in [3.8, 4) is 5.75 Å². The summed E-state index contributed by atoms with van der Waals surface area (Å²) in [5.41, 5.74) is 1.94. The van der Waals surface area contributed by atoms with Crippen LogP contribution in [-0.4, -0.2) is 13.1 Å². The van der Waals surface area contributed by atoms with Crippen LogP contribution in [0.25, 0.3) is 6.08 Å². The predicted molar refractivity (Wildman–Crippen MR) is 78.3 cm³/mol. The Kier molecular flexibility index (Phi) is 4.95. The third kappa shape index (κ3) is 3.99. The Balaban J connectivity index is 2.08. The number of carbonyl (C=O) groups is 1. The lowest BCUT2D eigenvalue weighted by molar-refractivity contribution is -0.134. The van der Waals surface area contributed by atoms with Crippen molar-refractivity contribution in [3.63, 3.8) is 0 Å². The van der Waals surface area contributed by atoms with Crippen LogP contribution < -0.4 is 4.74 Å². The fourth-order valence-corrected chi connectivity index (χ4v) is 1.71. The summed E-state index contributed by atoms with van der Waals surface area (Å²) in [5.74, 6) is 0.347. The smallest absolute Gasteiger partial charge is 0.330 e. The van der Waals surface area contributed by atoms with Crippen LogP contribution in [0.1, 0.15) is 11.1 Å². The van der Waals surface area contributed by atoms with E-state index in [1.54, 1.807) is 6.08 Å². The molecule has 0 N–H and O–H groups in total. The maximum absolute atomic E-state index is 11.1. The summed E-state index contributed by atoms with van der Waals surface area (Å²) in [6, 6.07) is 17.5. The second kappa shape index (κ2) is 7.14. The number of esters is 1. The maximum atomic E-state index is 11.1. The second-order valence-corrected chi connectivity index (χ2v) is 4.17. The van der Waals surface area contributed by atoms with Gasteiger partial charge < -0.3 is 9.47 Å². The standard InChI is InChI=1S/C17H16O3/c1-19-17(18)12-11-15-9-5-6-10-16(15)20-13-14-7-3-2-4-8-14/h2-12H,13H2,1H3/b12-11+. The molecule has 0 unspecified atom stereocenters. The minimum absolute atomic E-state index is 0.386. The van der Waals surface area contributed by atoms with Gasteiger partial charge in [0.15, 0.2) is 0 Å². The van der Waals surface area contributed by atoms with Gasteiger partial charge >= 0.3 is 5.97 Å². The molecule has 0 radical (unpaired) electrons. The SMILES string of the molecule is COC(=O)/C=C/c1ccccc1OCc1ccccc1. The molecule has 2 rings (SSSR count). The van der Waals surface area contributed by atoms with Crippen LogP contribution in [-0.2, 0) is 16.1 Å². The highest BCUT2D eigenvalue weighted by molar-refractivity contribution is 5.87. The number of hydrogen-bond donors (Lipinski definition) is 0. The maximum Gasteiger partial charge on any atom is 0.330 e. The zero-order valence-electron chi connectivity index (χ0n) is 11.3. The topological polar surface area (TPSA) is 35.5 Å². The van der Waals surface area contributed by atoms with Gasteiger partial charge in [-0.05, 0) is 17.7 Å². The van der Waals surface area contributed by atoms with Gasteiger partial charge in [-0.1, -0.05) is 48.5 Å². The van der Waals surface area contributed by atoms with Gasteiger partial charge in [0.05, 0.1) is 7.11 Å². The van der Waals surface area contributed by atoms with Crippen LogP contribution in [0, 0.1) is 0 Å². The molecule has 0 atom stereocenters. The average Bonchev–Trinajstić information content (AvgIpc) is 2.52. The van der Waals surface area contributed by atoms with Crippen molar-refractivity contribution in [1.82, 2.24) is 0 Å². The van der Waals surface area contributed by atoms with Crippen molar-refractivity contribution in [2.24, 2.45) is 0 Å². The van der Waals surface area contributed by atoms with Crippen molar-refractivity contribution in [2.45, 2.75) is 6.61 Å². The minimum atomic E-state index is -0.386. The molecule has 0 spiro atoms. The van der Waals surface area contributed by atoms with Gasteiger partial charge in [0, 0.05) is 11.6 Å². The molecular weight excluding hydrogens is 252 g/mol. The molecule has 0 heterocycles. The van der Waals surface area contributed by atoms with Crippen LogP contribution >= 0.6 is 0 Å². The molecule has 3 nitrogen and oxygen atoms in total.